The van der Waals surface area contributed by atoms with Gasteiger partial charge in [0.1, 0.15) is 11.5 Å². The highest BCUT2D eigenvalue weighted by Gasteiger charge is 2.17. The second-order valence-corrected chi connectivity index (χ2v) is 7.41. The molecule has 0 unspecified atom stereocenters. The van der Waals surface area contributed by atoms with Crippen LogP contribution in [0.4, 0.5) is 5.82 Å². The molecule has 0 saturated carbocycles. The van der Waals surface area contributed by atoms with E-state index >= 15 is 0 Å². The van der Waals surface area contributed by atoms with Crippen molar-refractivity contribution in [2.24, 2.45) is 0 Å². The number of nitrogens with one attached hydrogen (secondary N) is 1. The van der Waals surface area contributed by atoms with Gasteiger partial charge in [0.15, 0.2) is 0 Å². The highest BCUT2D eigenvalue weighted by molar-refractivity contribution is 7.17. The van der Waals surface area contributed by atoms with Crippen LogP contribution in [0.5, 0.6) is 0 Å². The maximum atomic E-state index is 12.9. The normalized spacial score (nSPS) is 11.0. The number of pyridine rings is 1. The zero-order valence-electron chi connectivity index (χ0n) is 14.1. The number of halogens is 1. The van der Waals surface area contributed by atoms with Crippen molar-refractivity contribution in [2.75, 3.05) is 5.32 Å². The summed E-state index contributed by atoms with van der Waals surface area (Å²) in [4.78, 5) is 17.2. The number of rotatable bonds is 4. The van der Waals surface area contributed by atoms with Gasteiger partial charge in [-0.25, -0.2) is 4.98 Å². The molecule has 0 aliphatic carbocycles. The van der Waals surface area contributed by atoms with Gasteiger partial charge in [-0.1, -0.05) is 29.8 Å². The molecule has 0 spiro atoms. The van der Waals surface area contributed by atoms with Gasteiger partial charge in [0, 0.05) is 17.3 Å². The summed E-state index contributed by atoms with van der Waals surface area (Å²) in [5.74, 6) is 0.387. The fourth-order valence-corrected chi connectivity index (χ4v) is 3.85. The Morgan fingerprint density at radius 3 is 2.77 bits per heavy atom. The predicted octanol–water partition coefficient (Wildman–Crippen LogP) is 5.36. The number of anilines is 1. The molecule has 6 heteroatoms. The third kappa shape index (κ3) is 3.36. The Balaban J connectivity index is 1.69. The lowest BCUT2D eigenvalue weighted by Crippen LogP contribution is -2.18. The molecule has 1 amide bonds. The molecule has 4 aromatic rings. The molecule has 3 heterocycles. The number of thiophene rings is 1. The lowest BCUT2D eigenvalue weighted by Gasteiger charge is -2.11. The van der Waals surface area contributed by atoms with Crippen LogP contribution in [-0.4, -0.2) is 15.5 Å². The summed E-state index contributed by atoms with van der Waals surface area (Å²) in [7, 11) is 0. The minimum atomic E-state index is -0.166. The van der Waals surface area contributed by atoms with E-state index in [-0.39, 0.29) is 5.91 Å². The van der Waals surface area contributed by atoms with Crippen molar-refractivity contribution >= 4 is 44.9 Å². The third-order valence-corrected chi connectivity index (χ3v) is 5.24. The Labute approximate surface area is 160 Å². The average Bonchev–Trinajstić information content (AvgIpc) is 3.19. The van der Waals surface area contributed by atoms with Crippen molar-refractivity contribution in [2.45, 2.75) is 13.5 Å². The van der Waals surface area contributed by atoms with Gasteiger partial charge in [-0.15, -0.1) is 11.3 Å². The Morgan fingerprint density at radius 2 is 2.00 bits per heavy atom. The van der Waals surface area contributed by atoms with Gasteiger partial charge < -0.3 is 9.88 Å². The Bertz CT molecular complexity index is 1080. The van der Waals surface area contributed by atoms with Crippen LogP contribution in [0, 0.1) is 6.92 Å². The van der Waals surface area contributed by atoms with Crippen LogP contribution in [0.1, 0.15) is 21.7 Å². The van der Waals surface area contributed by atoms with Crippen molar-refractivity contribution in [1.82, 2.24) is 9.55 Å². The number of aryl methyl sites for hydroxylation is 1. The summed E-state index contributed by atoms with van der Waals surface area (Å²) in [6.07, 6.45) is 0. The first kappa shape index (κ1) is 16.8. The first-order valence-corrected chi connectivity index (χ1v) is 9.42. The van der Waals surface area contributed by atoms with Crippen LogP contribution < -0.4 is 5.32 Å². The maximum Gasteiger partial charge on any atom is 0.273 e. The zero-order chi connectivity index (χ0) is 18.1. The number of carbonyl (C=O) groups is 1. The van der Waals surface area contributed by atoms with Crippen molar-refractivity contribution in [3.63, 3.8) is 0 Å². The second-order valence-electron chi connectivity index (χ2n) is 6.03. The maximum absolute atomic E-state index is 12.9. The number of hydrogen-bond donors (Lipinski definition) is 1. The van der Waals surface area contributed by atoms with E-state index in [1.165, 1.54) is 0 Å². The molecule has 0 aliphatic rings. The molecule has 0 fully saturated rings. The van der Waals surface area contributed by atoms with Gasteiger partial charge >= 0.3 is 0 Å². The molecule has 1 aromatic carbocycles. The molecule has 1 N–H and O–H groups in total. The standard InChI is InChI=1S/C20H16ClN3OS/c1-13-3-2-4-19(22-13)23-20(25)17-11-18-16(9-10-26-18)24(17)12-14-5-7-15(21)8-6-14/h2-11H,12H2,1H3,(H,22,23,25). The first-order valence-electron chi connectivity index (χ1n) is 8.16. The number of amides is 1. The zero-order valence-corrected chi connectivity index (χ0v) is 15.6. The van der Waals surface area contributed by atoms with E-state index in [1.807, 2.05) is 65.4 Å². The molecule has 0 aliphatic heterocycles. The van der Waals surface area contributed by atoms with Gasteiger partial charge in [-0.3, -0.25) is 4.79 Å². The van der Waals surface area contributed by atoms with E-state index in [0.717, 1.165) is 21.5 Å². The summed E-state index contributed by atoms with van der Waals surface area (Å²) >= 11 is 7.60. The first-order chi connectivity index (χ1) is 12.6. The average molecular weight is 382 g/mol. The molecule has 4 rings (SSSR count). The highest BCUT2D eigenvalue weighted by Crippen LogP contribution is 2.27. The van der Waals surface area contributed by atoms with Crippen LogP contribution in [0.3, 0.4) is 0 Å². The van der Waals surface area contributed by atoms with E-state index in [9.17, 15) is 4.79 Å². The third-order valence-electron chi connectivity index (χ3n) is 4.14. The quantitative estimate of drug-likeness (QED) is 0.517. The van der Waals surface area contributed by atoms with Gasteiger partial charge in [0.2, 0.25) is 0 Å². The second kappa shape index (κ2) is 6.94. The Hall–Kier alpha value is -2.63. The number of nitrogens with zero attached hydrogens (tertiary/aromatic N) is 2. The molecular formula is C20H16ClN3OS. The van der Waals surface area contributed by atoms with Crippen LogP contribution in [-0.2, 0) is 6.54 Å². The molecule has 3 aromatic heterocycles. The molecule has 26 heavy (non-hydrogen) atoms. The minimum absolute atomic E-state index is 0.166. The molecule has 0 saturated heterocycles. The highest BCUT2D eigenvalue weighted by atomic mass is 35.5. The summed E-state index contributed by atoms with van der Waals surface area (Å²) < 4.78 is 3.11. The van der Waals surface area contributed by atoms with E-state index in [2.05, 4.69) is 10.3 Å². The predicted molar refractivity (Wildman–Crippen MR) is 107 cm³/mol. The Morgan fingerprint density at radius 1 is 1.19 bits per heavy atom. The number of hydrogen-bond acceptors (Lipinski definition) is 3. The van der Waals surface area contributed by atoms with Gasteiger partial charge in [-0.05, 0) is 54.3 Å². The summed E-state index contributed by atoms with van der Waals surface area (Å²) in [6, 6.07) is 17.2. The Kier molecular flexibility index (Phi) is 4.49. The van der Waals surface area contributed by atoms with Gasteiger partial charge in [-0.2, -0.15) is 0 Å². The lowest BCUT2D eigenvalue weighted by atomic mass is 10.2. The lowest BCUT2D eigenvalue weighted by molar-refractivity contribution is 0.101. The van der Waals surface area contributed by atoms with Crippen LogP contribution in [0.2, 0.25) is 5.02 Å². The number of fused-ring (bicyclic) bond motifs is 1. The fraction of sp³-hybridized carbons (Fsp3) is 0.100. The van der Waals surface area contributed by atoms with Crippen molar-refractivity contribution < 1.29 is 4.79 Å². The van der Waals surface area contributed by atoms with Crippen LogP contribution in [0.25, 0.3) is 10.2 Å². The molecule has 0 atom stereocenters. The van der Waals surface area contributed by atoms with Gasteiger partial charge in [0.25, 0.3) is 5.91 Å². The smallest absolute Gasteiger partial charge is 0.273 e. The molecule has 4 nitrogen and oxygen atoms in total. The number of benzene rings is 1. The van der Waals surface area contributed by atoms with E-state index in [1.54, 1.807) is 17.4 Å². The van der Waals surface area contributed by atoms with E-state index in [0.29, 0.717) is 23.1 Å². The topological polar surface area (TPSA) is 46.9 Å². The molecule has 0 bridgehead atoms. The molecule has 130 valence electrons. The summed E-state index contributed by atoms with van der Waals surface area (Å²) in [5.41, 5.74) is 3.61. The largest absolute Gasteiger partial charge is 0.331 e. The molecular weight excluding hydrogens is 366 g/mol. The SMILES string of the molecule is Cc1cccc(NC(=O)c2cc3sccc3n2Cc2ccc(Cl)cc2)n1. The summed E-state index contributed by atoms with van der Waals surface area (Å²) in [6.45, 7) is 2.50. The minimum Gasteiger partial charge on any atom is -0.331 e. The van der Waals surface area contributed by atoms with Crippen molar-refractivity contribution in [1.29, 1.82) is 0 Å². The van der Waals surface area contributed by atoms with Crippen molar-refractivity contribution in [3.8, 4) is 0 Å². The monoisotopic (exact) mass is 381 g/mol. The summed E-state index contributed by atoms with van der Waals surface area (Å²) in [5, 5.41) is 5.63. The molecule has 0 radical (unpaired) electrons. The van der Waals surface area contributed by atoms with Crippen molar-refractivity contribution in [3.05, 3.63) is 82.0 Å². The van der Waals surface area contributed by atoms with Crippen LogP contribution >= 0.6 is 22.9 Å². The number of aromatic nitrogens is 2. The van der Waals surface area contributed by atoms with E-state index < -0.39 is 0 Å². The van der Waals surface area contributed by atoms with Crippen LogP contribution in [0.15, 0.2) is 60.0 Å². The van der Waals surface area contributed by atoms with E-state index in [4.69, 9.17) is 11.6 Å². The number of carbonyl (C=O) groups excluding carboxylic acids is 1. The van der Waals surface area contributed by atoms with Gasteiger partial charge in [0.05, 0.1) is 10.2 Å². The fourth-order valence-electron chi connectivity index (χ4n) is 2.90.